The van der Waals surface area contributed by atoms with E-state index in [9.17, 15) is 9.90 Å². The van der Waals surface area contributed by atoms with Gasteiger partial charge >= 0.3 is 0 Å². The summed E-state index contributed by atoms with van der Waals surface area (Å²) in [6, 6.07) is 5.75. The van der Waals surface area contributed by atoms with Gasteiger partial charge in [0.05, 0.1) is 6.04 Å². The number of amides is 1. The molecule has 4 atom stereocenters. The topological polar surface area (TPSA) is 52.6 Å². The molecule has 3 rings (SSSR count). The Morgan fingerprint density at radius 2 is 2.08 bits per heavy atom. The zero-order valence-corrected chi connectivity index (χ0v) is 15.1. The second-order valence-corrected chi connectivity index (χ2v) is 7.73. The number of fused-ring (bicyclic) bond motifs is 1. The van der Waals surface area contributed by atoms with Gasteiger partial charge in [-0.1, -0.05) is 32.8 Å². The third-order valence-corrected chi connectivity index (χ3v) is 6.19. The molecule has 1 aliphatic carbocycles. The van der Waals surface area contributed by atoms with Crippen molar-refractivity contribution in [2.24, 2.45) is 11.8 Å². The van der Waals surface area contributed by atoms with Crippen molar-refractivity contribution in [3.63, 3.8) is 0 Å². The van der Waals surface area contributed by atoms with E-state index >= 15 is 0 Å². The summed E-state index contributed by atoms with van der Waals surface area (Å²) >= 11 is 0. The van der Waals surface area contributed by atoms with Crippen molar-refractivity contribution in [3.05, 3.63) is 29.3 Å². The van der Waals surface area contributed by atoms with Gasteiger partial charge in [0.25, 0.3) is 0 Å². The Kier molecular flexibility index (Phi) is 5.14. The summed E-state index contributed by atoms with van der Waals surface area (Å²) in [6.07, 6.45) is 4.52. The normalized spacial score (nSPS) is 28.9. The van der Waals surface area contributed by atoms with Crippen LogP contribution in [-0.4, -0.2) is 34.5 Å². The summed E-state index contributed by atoms with van der Waals surface area (Å²) in [6.45, 7) is 8.18. The molecule has 0 aromatic heterocycles. The summed E-state index contributed by atoms with van der Waals surface area (Å²) in [4.78, 5) is 15.0. The standard InChI is InChI=1S/C20H30N2O2/c1-13-5-4-6-19(14(13)2)21-20(24)15(3)22-10-9-16-7-8-18(23)11-17(16)12-22/h7-8,11,13-15,19,23H,4-6,9-10,12H2,1-3H3,(H,21,24)/t13-,14+,15+,19+/m1/s1. The molecule has 132 valence electrons. The average molecular weight is 330 g/mol. The maximum absolute atomic E-state index is 12.7. The van der Waals surface area contributed by atoms with Gasteiger partial charge in [0, 0.05) is 19.1 Å². The first-order valence-electron chi connectivity index (χ1n) is 9.31. The molecule has 1 aromatic carbocycles. The van der Waals surface area contributed by atoms with Crippen LogP contribution in [0.15, 0.2) is 18.2 Å². The monoisotopic (exact) mass is 330 g/mol. The number of nitrogens with zero attached hydrogens (tertiary/aromatic N) is 1. The fraction of sp³-hybridized carbons (Fsp3) is 0.650. The molecule has 2 N–H and O–H groups in total. The van der Waals surface area contributed by atoms with Crippen molar-refractivity contribution in [2.75, 3.05) is 6.54 Å². The van der Waals surface area contributed by atoms with Crippen molar-refractivity contribution in [1.82, 2.24) is 10.2 Å². The zero-order chi connectivity index (χ0) is 17.3. The molecule has 0 saturated heterocycles. The quantitative estimate of drug-likeness (QED) is 0.895. The summed E-state index contributed by atoms with van der Waals surface area (Å²) in [5.41, 5.74) is 2.42. The number of hydrogen-bond donors (Lipinski definition) is 2. The van der Waals surface area contributed by atoms with E-state index in [1.165, 1.54) is 18.4 Å². The second kappa shape index (κ2) is 7.14. The van der Waals surface area contributed by atoms with Crippen molar-refractivity contribution >= 4 is 5.91 Å². The fourth-order valence-corrected chi connectivity index (χ4v) is 4.15. The minimum Gasteiger partial charge on any atom is -0.508 e. The molecule has 4 nitrogen and oxygen atoms in total. The SMILES string of the molecule is C[C@H]1[C@H](C)CCC[C@@H]1NC(=O)[C@H](C)N1CCc2ccc(O)cc2C1. The Labute approximate surface area is 145 Å². The van der Waals surface area contributed by atoms with Gasteiger partial charge in [0.15, 0.2) is 0 Å². The van der Waals surface area contributed by atoms with E-state index in [0.717, 1.165) is 31.5 Å². The molecule has 24 heavy (non-hydrogen) atoms. The predicted octanol–water partition coefficient (Wildman–Crippen LogP) is 3.08. The van der Waals surface area contributed by atoms with E-state index in [2.05, 4.69) is 24.1 Å². The van der Waals surface area contributed by atoms with Crippen LogP contribution in [-0.2, 0) is 17.8 Å². The van der Waals surface area contributed by atoms with Gasteiger partial charge in [-0.15, -0.1) is 0 Å². The summed E-state index contributed by atoms with van der Waals surface area (Å²) in [5.74, 6) is 1.68. The van der Waals surface area contributed by atoms with Crippen LogP contribution in [0.1, 0.15) is 51.2 Å². The molecule has 2 aliphatic rings. The molecular formula is C20H30N2O2. The van der Waals surface area contributed by atoms with Gasteiger partial charge in [-0.25, -0.2) is 0 Å². The van der Waals surface area contributed by atoms with Crippen molar-refractivity contribution in [2.45, 2.75) is 65.1 Å². The molecule has 1 heterocycles. The van der Waals surface area contributed by atoms with E-state index in [-0.39, 0.29) is 11.9 Å². The molecule has 1 aromatic rings. The minimum absolute atomic E-state index is 0.134. The Morgan fingerprint density at radius 3 is 2.88 bits per heavy atom. The Balaban J connectivity index is 1.62. The zero-order valence-electron chi connectivity index (χ0n) is 15.1. The van der Waals surface area contributed by atoms with Crippen molar-refractivity contribution in [1.29, 1.82) is 0 Å². The maximum atomic E-state index is 12.7. The smallest absolute Gasteiger partial charge is 0.237 e. The molecular weight excluding hydrogens is 300 g/mol. The number of carbonyl (C=O) groups excluding carboxylic acids is 1. The Hall–Kier alpha value is -1.55. The highest BCUT2D eigenvalue weighted by atomic mass is 16.3. The van der Waals surface area contributed by atoms with Crippen LogP contribution in [0.5, 0.6) is 5.75 Å². The van der Waals surface area contributed by atoms with Crippen LogP contribution in [0.3, 0.4) is 0 Å². The van der Waals surface area contributed by atoms with Crippen LogP contribution < -0.4 is 5.32 Å². The molecule has 0 bridgehead atoms. The molecule has 1 aliphatic heterocycles. The molecule has 1 fully saturated rings. The number of phenolic OH excluding ortho intramolecular Hbond substituents is 1. The summed E-state index contributed by atoms with van der Waals surface area (Å²) < 4.78 is 0. The van der Waals surface area contributed by atoms with Gasteiger partial charge in [0.1, 0.15) is 5.75 Å². The molecule has 1 saturated carbocycles. The highest BCUT2D eigenvalue weighted by Crippen LogP contribution is 2.30. The highest BCUT2D eigenvalue weighted by Gasteiger charge is 2.31. The Bertz CT molecular complexity index is 601. The first-order chi connectivity index (χ1) is 11.5. The minimum atomic E-state index is -0.134. The number of benzene rings is 1. The van der Waals surface area contributed by atoms with E-state index in [4.69, 9.17) is 0 Å². The Morgan fingerprint density at radius 1 is 1.29 bits per heavy atom. The lowest BCUT2D eigenvalue weighted by Gasteiger charge is -2.37. The van der Waals surface area contributed by atoms with Crippen LogP contribution in [0, 0.1) is 11.8 Å². The molecule has 0 spiro atoms. The van der Waals surface area contributed by atoms with E-state index in [0.29, 0.717) is 23.6 Å². The van der Waals surface area contributed by atoms with Crippen molar-refractivity contribution < 1.29 is 9.90 Å². The number of carbonyl (C=O) groups is 1. The van der Waals surface area contributed by atoms with Crippen LogP contribution in [0.2, 0.25) is 0 Å². The summed E-state index contributed by atoms with van der Waals surface area (Å²) in [5, 5.41) is 13.0. The lowest BCUT2D eigenvalue weighted by molar-refractivity contribution is -0.127. The van der Waals surface area contributed by atoms with Gasteiger partial charge in [-0.2, -0.15) is 0 Å². The average Bonchev–Trinajstić information content (AvgIpc) is 2.57. The number of aromatic hydroxyl groups is 1. The predicted molar refractivity (Wildman–Crippen MR) is 95.8 cm³/mol. The highest BCUT2D eigenvalue weighted by molar-refractivity contribution is 5.81. The largest absolute Gasteiger partial charge is 0.508 e. The van der Waals surface area contributed by atoms with Gasteiger partial charge in [0.2, 0.25) is 5.91 Å². The lowest BCUT2D eigenvalue weighted by atomic mass is 9.78. The number of phenols is 1. The van der Waals surface area contributed by atoms with E-state index < -0.39 is 0 Å². The number of rotatable bonds is 3. The first-order valence-corrected chi connectivity index (χ1v) is 9.31. The van der Waals surface area contributed by atoms with Crippen LogP contribution in [0.4, 0.5) is 0 Å². The lowest BCUT2D eigenvalue weighted by Crippen LogP contribution is -2.52. The summed E-state index contributed by atoms with van der Waals surface area (Å²) in [7, 11) is 0. The van der Waals surface area contributed by atoms with Crippen molar-refractivity contribution in [3.8, 4) is 5.75 Å². The molecule has 0 radical (unpaired) electrons. The van der Waals surface area contributed by atoms with Gasteiger partial charge in [-0.05, 0) is 54.9 Å². The number of nitrogens with one attached hydrogen (secondary N) is 1. The van der Waals surface area contributed by atoms with Crippen LogP contribution >= 0.6 is 0 Å². The second-order valence-electron chi connectivity index (χ2n) is 7.73. The van der Waals surface area contributed by atoms with Gasteiger partial charge < -0.3 is 10.4 Å². The third-order valence-electron chi connectivity index (χ3n) is 6.19. The van der Waals surface area contributed by atoms with Gasteiger partial charge in [-0.3, -0.25) is 9.69 Å². The molecule has 1 amide bonds. The third kappa shape index (κ3) is 3.59. The molecule has 0 unspecified atom stereocenters. The van der Waals surface area contributed by atoms with E-state index in [1.807, 2.05) is 19.1 Å². The fourth-order valence-electron chi connectivity index (χ4n) is 4.15. The van der Waals surface area contributed by atoms with E-state index in [1.54, 1.807) is 6.07 Å². The number of hydrogen-bond acceptors (Lipinski definition) is 3. The first kappa shape index (κ1) is 17.3. The molecule has 4 heteroatoms. The van der Waals surface area contributed by atoms with Crippen LogP contribution in [0.25, 0.3) is 0 Å². The maximum Gasteiger partial charge on any atom is 0.237 e.